The molecule has 1 amide bonds. The number of nitro benzene ring substituents is 2. The fourth-order valence-corrected chi connectivity index (χ4v) is 5.47. The van der Waals surface area contributed by atoms with Crippen LogP contribution in [-0.4, -0.2) is 55.8 Å². The normalized spacial score (nSPS) is 15.1. The molecule has 1 unspecified atom stereocenters. The van der Waals surface area contributed by atoms with E-state index in [0.717, 1.165) is 53.0 Å². The van der Waals surface area contributed by atoms with Gasteiger partial charge in [-0.1, -0.05) is 23.7 Å². The summed E-state index contributed by atoms with van der Waals surface area (Å²) < 4.78 is 7.70. The van der Waals surface area contributed by atoms with Gasteiger partial charge in [0.1, 0.15) is 0 Å². The minimum Gasteiger partial charge on any atom is -0.376 e. The number of non-ortho nitro benzene ring substituents is 2. The molecule has 1 fully saturated rings. The quantitative estimate of drug-likeness (QED) is 0.199. The van der Waals surface area contributed by atoms with Crippen molar-refractivity contribution < 1.29 is 19.4 Å². The predicted molar refractivity (Wildman–Crippen MR) is 142 cm³/mol. The highest BCUT2D eigenvalue weighted by Gasteiger charge is 2.27. The monoisotopic (exact) mass is 555 g/mol. The average molecular weight is 556 g/mol. The molecule has 11 nitrogen and oxygen atoms in total. The number of amides is 1. The maximum absolute atomic E-state index is 13.5. The lowest BCUT2D eigenvalue weighted by Gasteiger charge is -2.25. The molecule has 1 atom stereocenters. The molecule has 0 N–H and O–H groups in total. The third-order valence-electron chi connectivity index (χ3n) is 6.37. The van der Waals surface area contributed by atoms with Crippen molar-refractivity contribution in [3.05, 3.63) is 90.6 Å². The Morgan fingerprint density at radius 3 is 2.50 bits per heavy atom. The van der Waals surface area contributed by atoms with E-state index in [-0.39, 0.29) is 24.8 Å². The average Bonchev–Trinajstić information content (AvgIpc) is 3.65. The van der Waals surface area contributed by atoms with Crippen LogP contribution < -0.4 is 0 Å². The van der Waals surface area contributed by atoms with Gasteiger partial charge in [0.15, 0.2) is 4.96 Å². The molecule has 2 aromatic carbocycles. The number of thiazole rings is 1. The van der Waals surface area contributed by atoms with Crippen molar-refractivity contribution in [3.63, 3.8) is 0 Å². The molecule has 0 spiro atoms. The van der Waals surface area contributed by atoms with E-state index in [9.17, 15) is 25.0 Å². The van der Waals surface area contributed by atoms with Crippen LogP contribution in [0, 0.1) is 20.2 Å². The number of ether oxygens (including phenoxy) is 1. The number of aromatic nitrogens is 2. The Kier molecular flexibility index (Phi) is 7.36. The lowest BCUT2D eigenvalue weighted by molar-refractivity contribution is -0.394. The topological polar surface area (TPSA) is 133 Å². The number of nitrogens with zero attached hydrogens (tertiary/aromatic N) is 5. The van der Waals surface area contributed by atoms with Crippen LogP contribution in [0.4, 0.5) is 11.4 Å². The highest BCUT2D eigenvalue weighted by atomic mass is 35.5. The molecule has 1 saturated heterocycles. The summed E-state index contributed by atoms with van der Waals surface area (Å²) in [4.78, 5) is 41.8. The van der Waals surface area contributed by atoms with E-state index in [1.54, 1.807) is 17.0 Å². The van der Waals surface area contributed by atoms with E-state index in [1.165, 1.54) is 11.3 Å². The third-order valence-corrected chi connectivity index (χ3v) is 7.51. The summed E-state index contributed by atoms with van der Waals surface area (Å²) in [5.41, 5.74) is 1.55. The van der Waals surface area contributed by atoms with E-state index < -0.39 is 27.1 Å². The summed E-state index contributed by atoms with van der Waals surface area (Å²) in [5.74, 6) is -0.522. The minimum atomic E-state index is -0.742. The van der Waals surface area contributed by atoms with E-state index >= 15 is 0 Å². The lowest BCUT2D eigenvalue weighted by atomic mass is 10.1. The number of benzene rings is 2. The van der Waals surface area contributed by atoms with Gasteiger partial charge >= 0.3 is 0 Å². The van der Waals surface area contributed by atoms with Gasteiger partial charge in [-0.2, -0.15) is 0 Å². The van der Waals surface area contributed by atoms with E-state index in [0.29, 0.717) is 18.1 Å². The van der Waals surface area contributed by atoms with Crippen LogP contribution in [-0.2, 0) is 11.2 Å². The SMILES string of the molecule is O=C(c1cc([N+](=O)[O-])cc([N+](=O)[O-])c1)N(CCc1csc2nc(-c3ccc(Cl)cc3)cn12)CC1CCCO1. The molecule has 196 valence electrons. The zero-order valence-electron chi connectivity index (χ0n) is 20.0. The first-order valence-electron chi connectivity index (χ1n) is 11.8. The minimum absolute atomic E-state index is 0.105. The first kappa shape index (κ1) is 25.8. The molecule has 1 aliphatic heterocycles. The first-order chi connectivity index (χ1) is 18.3. The largest absolute Gasteiger partial charge is 0.376 e. The van der Waals surface area contributed by atoms with Crippen molar-refractivity contribution in [2.45, 2.75) is 25.4 Å². The predicted octanol–water partition coefficient (Wildman–Crippen LogP) is 5.40. The Labute approximate surface area is 225 Å². The molecular formula is C25H22ClN5O6S. The number of fused-ring (bicyclic) bond motifs is 1. The summed E-state index contributed by atoms with van der Waals surface area (Å²) in [6.07, 6.45) is 3.91. The van der Waals surface area contributed by atoms with Crippen LogP contribution >= 0.6 is 22.9 Å². The highest BCUT2D eigenvalue weighted by molar-refractivity contribution is 7.15. The third kappa shape index (κ3) is 5.52. The van der Waals surface area contributed by atoms with Crippen LogP contribution in [0.1, 0.15) is 28.9 Å². The van der Waals surface area contributed by atoms with Gasteiger partial charge in [0, 0.05) is 66.1 Å². The highest BCUT2D eigenvalue weighted by Crippen LogP contribution is 2.27. The van der Waals surface area contributed by atoms with Crippen LogP contribution in [0.5, 0.6) is 0 Å². The Hall–Kier alpha value is -3.87. The van der Waals surface area contributed by atoms with Crippen LogP contribution in [0.15, 0.2) is 54.0 Å². The standard InChI is InChI=1S/C25H22ClN5O6S/c26-18-5-3-16(4-6-18)23-14-29-19(15-38-25(29)27-23)7-8-28(13-22-2-1-9-37-22)24(32)17-10-20(30(33)34)12-21(11-17)31(35)36/h3-6,10-12,14-15,22H,1-2,7-9,13H2. The molecule has 2 aromatic heterocycles. The van der Waals surface area contributed by atoms with Gasteiger partial charge in [-0.05, 0) is 25.0 Å². The molecule has 5 rings (SSSR count). The molecule has 13 heteroatoms. The van der Waals surface area contributed by atoms with E-state index in [4.69, 9.17) is 16.3 Å². The van der Waals surface area contributed by atoms with Gasteiger partial charge in [0.25, 0.3) is 17.3 Å². The fraction of sp³-hybridized carbons (Fsp3) is 0.280. The van der Waals surface area contributed by atoms with Crippen LogP contribution in [0.2, 0.25) is 5.02 Å². The molecule has 0 saturated carbocycles. The molecular weight excluding hydrogens is 534 g/mol. The van der Waals surface area contributed by atoms with Gasteiger partial charge < -0.3 is 9.64 Å². The van der Waals surface area contributed by atoms with E-state index in [1.807, 2.05) is 28.1 Å². The maximum Gasteiger partial charge on any atom is 0.277 e. The van der Waals surface area contributed by atoms with Crippen molar-refractivity contribution in [2.75, 3.05) is 19.7 Å². The second-order valence-electron chi connectivity index (χ2n) is 8.90. The summed E-state index contributed by atoms with van der Waals surface area (Å²) >= 11 is 7.48. The van der Waals surface area contributed by atoms with Gasteiger partial charge in [-0.3, -0.25) is 29.4 Å². The lowest BCUT2D eigenvalue weighted by Crippen LogP contribution is -2.39. The molecule has 3 heterocycles. The Balaban J connectivity index is 1.40. The number of carbonyl (C=O) groups is 1. The first-order valence-corrected chi connectivity index (χ1v) is 13.1. The van der Waals surface area contributed by atoms with Gasteiger partial charge in [-0.25, -0.2) is 4.98 Å². The number of imidazole rings is 1. The summed E-state index contributed by atoms with van der Waals surface area (Å²) in [7, 11) is 0. The van der Waals surface area contributed by atoms with Crippen LogP contribution in [0.3, 0.4) is 0 Å². The zero-order chi connectivity index (χ0) is 26.8. The number of hydrogen-bond donors (Lipinski definition) is 0. The summed E-state index contributed by atoms with van der Waals surface area (Å²) in [6, 6.07) is 10.4. The van der Waals surface area contributed by atoms with Gasteiger partial charge in [-0.15, -0.1) is 11.3 Å². The molecule has 1 aliphatic rings. The Morgan fingerprint density at radius 2 is 1.87 bits per heavy atom. The molecule has 0 radical (unpaired) electrons. The van der Waals surface area contributed by atoms with Crippen molar-refractivity contribution in [1.29, 1.82) is 0 Å². The van der Waals surface area contributed by atoms with Gasteiger partial charge in [0.2, 0.25) is 0 Å². The molecule has 4 aromatic rings. The summed E-state index contributed by atoms with van der Waals surface area (Å²) in [5, 5.41) is 25.3. The zero-order valence-corrected chi connectivity index (χ0v) is 21.6. The van der Waals surface area contributed by atoms with E-state index in [2.05, 4.69) is 4.98 Å². The van der Waals surface area contributed by atoms with Crippen molar-refractivity contribution in [2.24, 2.45) is 0 Å². The van der Waals surface area contributed by atoms with Crippen molar-refractivity contribution in [1.82, 2.24) is 14.3 Å². The Bertz CT molecular complexity index is 1480. The number of rotatable bonds is 9. The number of hydrogen-bond acceptors (Lipinski definition) is 8. The second kappa shape index (κ2) is 10.9. The smallest absolute Gasteiger partial charge is 0.277 e. The fourth-order valence-electron chi connectivity index (χ4n) is 4.44. The number of halogens is 1. The molecule has 38 heavy (non-hydrogen) atoms. The Morgan fingerprint density at radius 1 is 1.16 bits per heavy atom. The van der Waals surface area contributed by atoms with Crippen molar-refractivity contribution >= 4 is 45.2 Å². The van der Waals surface area contributed by atoms with Gasteiger partial charge in [0.05, 0.1) is 33.3 Å². The van der Waals surface area contributed by atoms with Crippen LogP contribution in [0.25, 0.3) is 16.2 Å². The summed E-state index contributed by atoms with van der Waals surface area (Å²) in [6.45, 7) is 1.17. The number of nitro groups is 2. The second-order valence-corrected chi connectivity index (χ2v) is 10.2. The molecule has 0 bridgehead atoms. The number of carbonyl (C=O) groups excluding carboxylic acids is 1. The molecule has 0 aliphatic carbocycles. The maximum atomic E-state index is 13.5. The van der Waals surface area contributed by atoms with Crippen molar-refractivity contribution in [3.8, 4) is 11.3 Å².